The van der Waals surface area contributed by atoms with E-state index in [0.717, 1.165) is 0 Å². The molecule has 42 valence electrons. The Morgan fingerprint density at radius 1 is 1.86 bits per heavy atom. The van der Waals surface area contributed by atoms with Crippen LogP contribution in [0.4, 0.5) is 4.79 Å². The van der Waals surface area contributed by atoms with E-state index in [4.69, 9.17) is 0 Å². The molecular formula is C2H5IN2O2. The summed E-state index contributed by atoms with van der Waals surface area (Å²) in [5.41, 5.74) is 2.04. The Balaban J connectivity index is 3.00. The molecule has 0 atom stereocenters. The molecule has 0 aromatic carbocycles. The minimum atomic E-state index is -0.358. The normalized spacial score (nSPS) is 7.71. The molecule has 7 heavy (non-hydrogen) atoms. The molecule has 0 aromatic heterocycles. The van der Waals surface area contributed by atoms with Crippen LogP contribution in [0.5, 0.6) is 0 Å². The number of rotatable bonds is 1. The number of carbonyl (C=O) groups excluding carboxylic acids is 1. The van der Waals surface area contributed by atoms with Crippen LogP contribution in [0.3, 0.4) is 0 Å². The van der Waals surface area contributed by atoms with Crippen molar-refractivity contribution in [1.29, 1.82) is 0 Å². The zero-order chi connectivity index (χ0) is 5.70. The summed E-state index contributed by atoms with van der Waals surface area (Å²) in [7, 11) is 1.37. The minimum Gasteiger partial charge on any atom is -0.279 e. The van der Waals surface area contributed by atoms with Crippen LogP contribution < -0.4 is 9.01 Å². The SMILES string of the molecule is CONC(=O)NI. The van der Waals surface area contributed by atoms with Crippen molar-refractivity contribution in [2.45, 2.75) is 0 Å². The molecule has 0 heterocycles. The Morgan fingerprint density at radius 3 is 2.57 bits per heavy atom. The van der Waals surface area contributed by atoms with Gasteiger partial charge in [-0.3, -0.25) is 8.37 Å². The Kier molecular flexibility index (Phi) is 4.10. The molecule has 0 spiro atoms. The molecule has 0 aliphatic heterocycles. The molecule has 2 amide bonds. The summed E-state index contributed by atoms with van der Waals surface area (Å²) in [5, 5.41) is 0. The number of hydrogen-bond acceptors (Lipinski definition) is 2. The van der Waals surface area contributed by atoms with Crippen LogP contribution in [0, 0.1) is 0 Å². The number of halogens is 1. The van der Waals surface area contributed by atoms with Gasteiger partial charge in [-0.2, -0.15) is 0 Å². The number of urea groups is 1. The van der Waals surface area contributed by atoms with E-state index in [-0.39, 0.29) is 6.03 Å². The van der Waals surface area contributed by atoms with Gasteiger partial charge in [-0.1, -0.05) is 0 Å². The second-order valence-corrected chi connectivity index (χ2v) is 1.27. The molecule has 2 N–H and O–H groups in total. The third kappa shape index (κ3) is 3.80. The number of amides is 2. The minimum absolute atomic E-state index is 0.358. The highest BCUT2D eigenvalue weighted by Gasteiger charge is 1.88. The lowest BCUT2D eigenvalue weighted by molar-refractivity contribution is 0.111. The predicted molar refractivity (Wildman–Crippen MR) is 32.7 cm³/mol. The fourth-order valence-electron chi connectivity index (χ4n) is 0.112. The van der Waals surface area contributed by atoms with Gasteiger partial charge in [0.05, 0.1) is 30.0 Å². The van der Waals surface area contributed by atoms with Gasteiger partial charge in [0.1, 0.15) is 0 Å². The highest BCUT2D eigenvalue weighted by Crippen LogP contribution is 1.68. The number of hydrogen-bond donors (Lipinski definition) is 2. The van der Waals surface area contributed by atoms with Crippen molar-refractivity contribution in [3.8, 4) is 0 Å². The van der Waals surface area contributed by atoms with Gasteiger partial charge in [-0.15, -0.1) is 0 Å². The Labute approximate surface area is 55.1 Å². The smallest absolute Gasteiger partial charge is 0.279 e. The van der Waals surface area contributed by atoms with Gasteiger partial charge < -0.3 is 0 Å². The Morgan fingerprint density at radius 2 is 2.43 bits per heavy atom. The van der Waals surface area contributed by atoms with Crippen molar-refractivity contribution in [3.63, 3.8) is 0 Å². The van der Waals surface area contributed by atoms with Crippen LogP contribution in [0.25, 0.3) is 0 Å². The van der Waals surface area contributed by atoms with Crippen molar-refractivity contribution in [2.75, 3.05) is 7.11 Å². The highest BCUT2D eigenvalue weighted by atomic mass is 127. The average molecular weight is 216 g/mol. The summed E-state index contributed by atoms with van der Waals surface area (Å²) in [4.78, 5) is 14.3. The van der Waals surface area contributed by atoms with Gasteiger partial charge in [0.15, 0.2) is 0 Å². The molecular weight excluding hydrogens is 211 g/mol. The standard InChI is InChI=1S/C2H5IN2O2/c1-7-5-2(6)4-3/h1H3,(H2,4,5,6). The van der Waals surface area contributed by atoms with E-state index in [1.165, 1.54) is 7.11 Å². The molecule has 0 rings (SSSR count). The van der Waals surface area contributed by atoms with Crippen molar-refractivity contribution in [2.24, 2.45) is 0 Å². The molecule has 0 aliphatic rings. The second-order valence-electron chi connectivity index (χ2n) is 0.730. The predicted octanol–water partition coefficient (Wildman–Crippen LogP) is 0.197. The molecule has 0 aromatic rings. The van der Waals surface area contributed by atoms with Crippen molar-refractivity contribution >= 4 is 28.9 Å². The van der Waals surface area contributed by atoms with Crippen LogP contribution in [0.2, 0.25) is 0 Å². The quantitative estimate of drug-likeness (QED) is 0.373. The Hall–Kier alpha value is -0.0400. The first-order valence-corrected chi connectivity index (χ1v) is 2.58. The molecule has 0 fully saturated rings. The van der Waals surface area contributed by atoms with E-state index in [2.05, 4.69) is 8.37 Å². The fraction of sp³-hybridized carbons (Fsp3) is 0.500. The van der Waals surface area contributed by atoms with Crippen LogP contribution in [0.15, 0.2) is 0 Å². The first kappa shape index (κ1) is 6.96. The van der Waals surface area contributed by atoms with Gasteiger partial charge in [0, 0.05) is 0 Å². The zero-order valence-electron chi connectivity index (χ0n) is 3.69. The number of carbonyl (C=O) groups is 1. The van der Waals surface area contributed by atoms with Gasteiger partial charge >= 0.3 is 6.03 Å². The topological polar surface area (TPSA) is 50.4 Å². The average Bonchev–Trinajstić information content (AvgIpc) is 1.68. The van der Waals surface area contributed by atoms with E-state index >= 15 is 0 Å². The lowest BCUT2D eigenvalue weighted by Crippen LogP contribution is -2.27. The highest BCUT2D eigenvalue weighted by molar-refractivity contribution is 14.1. The maximum Gasteiger partial charge on any atom is 0.347 e. The molecule has 0 saturated carbocycles. The zero-order valence-corrected chi connectivity index (χ0v) is 5.85. The van der Waals surface area contributed by atoms with E-state index in [9.17, 15) is 4.79 Å². The van der Waals surface area contributed by atoms with E-state index in [1.54, 1.807) is 22.9 Å². The lowest BCUT2D eigenvalue weighted by atomic mass is 11.2. The van der Waals surface area contributed by atoms with E-state index in [1.807, 2.05) is 5.48 Å². The van der Waals surface area contributed by atoms with Gasteiger partial charge in [-0.05, 0) is 0 Å². The molecule has 0 bridgehead atoms. The second kappa shape index (κ2) is 4.13. The number of hydroxylamine groups is 1. The van der Waals surface area contributed by atoms with Crippen LogP contribution in [0.1, 0.15) is 0 Å². The third-order valence-electron chi connectivity index (χ3n) is 0.281. The molecule has 5 heteroatoms. The van der Waals surface area contributed by atoms with Gasteiger partial charge in [0.25, 0.3) is 0 Å². The molecule has 0 saturated heterocycles. The van der Waals surface area contributed by atoms with Gasteiger partial charge in [-0.25, -0.2) is 10.3 Å². The molecule has 0 radical (unpaired) electrons. The first-order chi connectivity index (χ1) is 3.31. The summed E-state index contributed by atoms with van der Waals surface area (Å²) >= 11 is 1.69. The fourth-order valence-corrected chi connectivity index (χ4v) is 0.222. The maximum atomic E-state index is 10.1. The van der Waals surface area contributed by atoms with Gasteiger partial charge in [0.2, 0.25) is 0 Å². The maximum absolute atomic E-state index is 10.1. The molecule has 4 nitrogen and oxygen atoms in total. The third-order valence-corrected chi connectivity index (χ3v) is 0.770. The van der Waals surface area contributed by atoms with E-state index < -0.39 is 0 Å². The van der Waals surface area contributed by atoms with Crippen molar-refractivity contribution in [3.05, 3.63) is 0 Å². The van der Waals surface area contributed by atoms with Crippen molar-refractivity contribution < 1.29 is 9.63 Å². The summed E-state index contributed by atoms with van der Waals surface area (Å²) in [6.45, 7) is 0. The molecule has 0 unspecified atom stereocenters. The van der Waals surface area contributed by atoms with Crippen molar-refractivity contribution in [1.82, 2.24) is 9.01 Å². The number of nitrogens with one attached hydrogen (secondary N) is 2. The largest absolute Gasteiger partial charge is 0.347 e. The summed E-state index contributed by atoms with van der Waals surface area (Å²) in [6, 6.07) is -0.358. The summed E-state index contributed by atoms with van der Waals surface area (Å²) < 4.78 is 2.26. The van der Waals surface area contributed by atoms with E-state index in [0.29, 0.717) is 0 Å². The summed E-state index contributed by atoms with van der Waals surface area (Å²) in [5.74, 6) is 0. The van der Waals surface area contributed by atoms with Crippen LogP contribution >= 0.6 is 22.9 Å². The lowest BCUT2D eigenvalue weighted by Gasteiger charge is -1.94. The van der Waals surface area contributed by atoms with Crippen LogP contribution in [-0.4, -0.2) is 13.1 Å². The summed E-state index contributed by atoms with van der Waals surface area (Å²) in [6.07, 6.45) is 0. The van der Waals surface area contributed by atoms with Crippen LogP contribution in [-0.2, 0) is 4.84 Å². The molecule has 0 aliphatic carbocycles. The Bertz CT molecular complexity index is 66.7. The monoisotopic (exact) mass is 216 g/mol. The first-order valence-electron chi connectivity index (χ1n) is 1.51.